The van der Waals surface area contributed by atoms with Crippen molar-refractivity contribution in [2.45, 2.75) is 0 Å². The summed E-state index contributed by atoms with van der Waals surface area (Å²) < 4.78 is 1.45. The van der Waals surface area contributed by atoms with E-state index in [4.69, 9.17) is 11.8 Å². The SMILES string of the molecule is CN1CN=C2N(Cl)C=C3N=C(c4ccccc4)N=C3N21. The molecule has 20 heavy (non-hydrogen) atoms. The van der Waals surface area contributed by atoms with E-state index in [1.54, 1.807) is 6.20 Å². The quantitative estimate of drug-likeness (QED) is 0.737. The van der Waals surface area contributed by atoms with Crippen molar-refractivity contribution in [3.05, 3.63) is 47.8 Å². The molecule has 3 heterocycles. The highest BCUT2D eigenvalue weighted by molar-refractivity contribution is 6.29. The van der Waals surface area contributed by atoms with Gasteiger partial charge in [0.05, 0.1) is 6.20 Å². The van der Waals surface area contributed by atoms with Crippen LogP contribution in [0.1, 0.15) is 5.56 Å². The lowest BCUT2D eigenvalue weighted by molar-refractivity contribution is 0.176. The van der Waals surface area contributed by atoms with Gasteiger partial charge in [0.1, 0.15) is 12.4 Å². The second-order valence-corrected chi connectivity index (χ2v) is 5.00. The van der Waals surface area contributed by atoms with Gasteiger partial charge in [-0.05, 0) is 0 Å². The van der Waals surface area contributed by atoms with Crippen molar-refractivity contribution in [1.29, 1.82) is 0 Å². The molecule has 0 fully saturated rings. The third kappa shape index (κ3) is 1.59. The summed E-state index contributed by atoms with van der Waals surface area (Å²) in [5.41, 5.74) is 1.73. The first kappa shape index (κ1) is 11.6. The lowest BCUT2D eigenvalue weighted by atomic mass is 10.2. The fraction of sp³-hybridized carbons (Fsp3) is 0.154. The van der Waals surface area contributed by atoms with Gasteiger partial charge in [-0.1, -0.05) is 30.3 Å². The molecule has 0 radical (unpaired) electrons. The van der Waals surface area contributed by atoms with E-state index in [1.807, 2.05) is 47.4 Å². The summed E-state index contributed by atoms with van der Waals surface area (Å²) in [7, 11) is 1.94. The molecule has 7 heteroatoms. The third-order valence-corrected chi connectivity index (χ3v) is 3.52. The summed E-state index contributed by atoms with van der Waals surface area (Å²) in [5.74, 6) is 2.11. The van der Waals surface area contributed by atoms with Crippen molar-refractivity contribution in [3.8, 4) is 0 Å². The van der Waals surface area contributed by atoms with Gasteiger partial charge < -0.3 is 0 Å². The van der Waals surface area contributed by atoms with Gasteiger partial charge in [0.15, 0.2) is 11.7 Å². The Balaban J connectivity index is 1.80. The van der Waals surface area contributed by atoms with Crippen LogP contribution in [0.25, 0.3) is 0 Å². The number of guanidine groups is 1. The van der Waals surface area contributed by atoms with E-state index < -0.39 is 0 Å². The predicted octanol–water partition coefficient (Wildman–Crippen LogP) is 1.63. The molecule has 0 aliphatic carbocycles. The van der Waals surface area contributed by atoms with Gasteiger partial charge in [-0.3, -0.25) is 0 Å². The highest BCUT2D eigenvalue weighted by Crippen LogP contribution is 2.27. The second kappa shape index (κ2) is 4.16. The van der Waals surface area contributed by atoms with Crippen LogP contribution in [0.15, 0.2) is 57.2 Å². The molecule has 1 aromatic carbocycles. The van der Waals surface area contributed by atoms with E-state index in [1.165, 1.54) is 4.42 Å². The first-order valence-corrected chi connectivity index (χ1v) is 6.53. The molecule has 6 nitrogen and oxygen atoms in total. The first-order chi connectivity index (χ1) is 9.74. The van der Waals surface area contributed by atoms with Gasteiger partial charge in [0.2, 0.25) is 5.96 Å². The summed E-state index contributed by atoms with van der Waals surface area (Å²) in [6, 6.07) is 9.89. The Bertz CT molecular complexity index is 690. The Morgan fingerprint density at radius 3 is 2.75 bits per heavy atom. The number of halogens is 1. The Morgan fingerprint density at radius 2 is 1.95 bits per heavy atom. The van der Waals surface area contributed by atoms with Crippen molar-refractivity contribution < 1.29 is 0 Å². The molecule has 0 saturated carbocycles. The molecular weight excluding hydrogens is 276 g/mol. The average Bonchev–Trinajstić information content (AvgIpc) is 3.04. The minimum Gasteiger partial charge on any atom is -0.232 e. The fourth-order valence-electron chi connectivity index (χ4n) is 2.33. The molecule has 3 aliphatic rings. The molecule has 100 valence electrons. The van der Waals surface area contributed by atoms with Gasteiger partial charge in [0, 0.05) is 24.4 Å². The normalized spacial score (nSPS) is 21.1. The minimum absolute atomic E-state index is 0.555. The predicted molar refractivity (Wildman–Crippen MR) is 78.1 cm³/mol. The third-order valence-electron chi connectivity index (χ3n) is 3.27. The van der Waals surface area contributed by atoms with E-state index in [9.17, 15) is 0 Å². The van der Waals surface area contributed by atoms with E-state index >= 15 is 0 Å². The number of amidine groups is 2. The zero-order chi connectivity index (χ0) is 13.7. The molecule has 0 bridgehead atoms. The number of nitrogens with zero attached hydrogens (tertiary/aromatic N) is 6. The first-order valence-electron chi connectivity index (χ1n) is 6.20. The summed E-state index contributed by atoms with van der Waals surface area (Å²) in [6.07, 6.45) is 1.74. The standard InChI is InChI=1S/C13H11ClN6/c1-18-8-15-13-19(14)7-10-12(20(13)18)17-11(16-10)9-5-3-2-4-6-9/h2-7H,8H2,1H3. The Kier molecular flexibility index (Phi) is 2.42. The maximum atomic E-state index is 6.18. The molecule has 0 saturated heterocycles. The maximum absolute atomic E-state index is 6.18. The minimum atomic E-state index is 0.555. The largest absolute Gasteiger partial charge is 0.238 e. The van der Waals surface area contributed by atoms with E-state index in [0.29, 0.717) is 18.5 Å². The fourth-order valence-corrected chi connectivity index (χ4v) is 2.55. The molecule has 3 aliphatic heterocycles. The smallest absolute Gasteiger partial charge is 0.232 e. The molecule has 0 N–H and O–H groups in total. The summed E-state index contributed by atoms with van der Waals surface area (Å²) in [6.45, 7) is 0.555. The van der Waals surface area contributed by atoms with Crippen LogP contribution in [0.3, 0.4) is 0 Å². The van der Waals surface area contributed by atoms with Crippen molar-refractivity contribution in [2.75, 3.05) is 13.7 Å². The Morgan fingerprint density at radius 1 is 1.15 bits per heavy atom. The van der Waals surface area contributed by atoms with Crippen LogP contribution in [0.2, 0.25) is 0 Å². The van der Waals surface area contributed by atoms with Gasteiger partial charge in [-0.25, -0.2) is 24.4 Å². The van der Waals surface area contributed by atoms with E-state index in [-0.39, 0.29) is 0 Å². The molecular formula is C13H11ClN6. The second-order valence-electron chi connectivity index (χ2n) is 4.63. The van der Waals surface area contributed by atoms with Crippen LogP contribution in [0.5, 0.6) is 0 Å². The Hall–Kier alpha value is -2.18. The molecule has 0 amide bonds. The molecule has 0 atom stereocenters. The van der Waals surface area contributed by atoms with Gasteiger partial charge in [0.25, 0.3) is 0 Å². The summed E-state index contributed by atoms with van der Waals surface area (Å²) >= 11 is 6.18. The summed E-state index contributed by atoms with van der Waals surface area (Å²) in [4.78, 5) is 13.5. The zero-order valence-electron chi connectivity index (χ0n) is 10.7. The number of fused-ring (bicyclic) bond motifs is 3. The number of hydrogen-bond donors (Lipinski definition) is 0. The topological polar surface area (TPSA) is 46.8 Å². The summed E-state index contributed by atoms with van der Waals surface area (Å²) in [5, 5.41) is 3.82. The molecule has 0 unspecified atom stereocenters. The molecule has 0 spiro atoms. The van der Waals surface area contributed by atoms with Crippen LogP contribution in [0, 0.1) is 0 Å². The van der Waals surface area contributed by atoms with Crippen LogP contribution in [0.4, 0.5) is 0 Å². The number of benzene rings is 1. The highest BCUT2D eigenvalue weighted by atomic mass is 35.5. The zero-order valence-corrected chi connectivity index (χ0v) is 11.5. The van der Waals surface area contributed by atoms with Crippen LogP contribution in [-0.4, -0.2) is 45.8 Å². The van der Waals surface area contributed by atoms with Crippen molar-refractivity contribution in [3.63, 3.8) is 0 Å². The van der Waals surface area contributed by atoms with E-state index in [0.717, 1.165) is 17.1 Å². The molecule has 4 rings (SSSR count). The number of hydrogen-bond acceptors (Lipinski definition) is 6. The molecule has 1 aromatic rings. The van der Waals surface area contributed by atoms with Gasteiger partial charge >= 0.3 is 0 Å². The lowest BCUT2D eigenvalue weighted by Crippen LogP contribution is -2.49. The number of hydrazine groups is 1. The van der Waals surface area contributed by atoms with E-state index in [2.05, 4.69) is 15.0 Å². The lowest BCUT2D eigenvalue weighted by Gasteiger charge is -2.31. The van der Waals surface area contributed by atoms with Crippen LogP contribution < -0.4 is 0 Å². The van der Waals surface area contributed by atoms with Crippen molar-refractivity contribution >= 4 is 29.4 Å². The van der Waals surface area contributed by atoms with Gasteiger partial charge in [-0.2, -0.15) is 5.01 Å². The molecule has 0 aromatic heterocycles. The Labute approximate surface area is 121 Å². The number of rotatable bonds is 1. The number of aliphatic imine (C=N–C) groups is 3. The monoisotopic (exact) mass is 286 g/mol. The highest BCUT2D eigenvalue weighted by Gasteiger charge is 2.38. The van der Waals surface area contributed by atoms with Crippen molar-refractivity contribution in [2.24, 2.45) is 15.0 Å². The van der Waals surface area contributed by atoms with Gasteiger partial charge in [-0.15, -0.1) is 0 Å². The average molecular weight is 287 g/mol. The maximum Gasteiger partial charge on any atom is 0.238 e. The van der Waals surface area contributed by atoms with Crippen LogP contribution in [-0.2, 0) is 0 Å². The van der Waals surface area contributed by atoms with Crippen LogP contribution >= 0.6 is 11.8 Å². The van der Waals surface area contributed by atoms with Crippen molar-refractivity contribution in [1.82, 2.24) is 14.4 Å².